The van der Waals surface area contributed by atoms with Crippen molar-refractivity contribution >= 4 is 23.0 Å². The lowest BCUT2D eigenvalue weighted by Gasteiger charge is -2.09. The third-order valence-electron chi connectivity index (χ3n) is 3.93. The van der Waals surface area contributed by atoms with Crippen molar-refractivity contribution in [2.24, 2.45) is 5.10 Å². The van der Waals surface area contributed by atoms with Crippen LogP contribution in [0.3, 0.4) is 0 Å². The van der Waals surface area contributed by atoms with Gasteiger partial charge in [-0.1, -0.05) is 24.3 Å². The zero-order chi connectivity index (χ0) is 18.9. The zero-order valence-electron chi connectivity index (χ0n) is 13.6. The van der Waals surface area contributed by atoms with Gasteiger partial charge in [0.25, 0.3) is 0 Å². The number of para-hydroxylation sites is 1. The highest BCUT2D eigenvalue weighted by atomic mass is 19.4. The summed E-state index contributed by atoms with van der Waals surface area (Å²) in [5, 5.41) is 14.9. The Labute approximate surface area is 146 Å². The summed E-state index contributed by atoms with van der Waals surface area (Å²) in [6.07, 6.45) is -4.16. The minimum atomic E-state index is -4.52. The second kappa shape index (κ2) is 6.55. The van der Waals surface area contributed by atoms with Crippen LogP contribution in [0.4, 0.5) is 13.2 Å². The lowest BCUT2D eigenvalue weighted by atomic mass is 10.1. The fourth-order valence-corrected chi connectivity index (χ4v) is 2.82. The number of fused-ring (bicyclic) bond motifs is 1. The number of nitrogens with one attached hydrogen (secondary N) is 1. The van der Waals surface area contributed by atoms with E-state index in [4.69, 9.17) is 0 Å². The van der Waals surface area contributed by atoms with Crippen molar-refractivity contribution in [1.29, 1.82) is 0 Å². The van der Waals surface area contributed by atoms with E-state index in [1.54, 1.807) is 30.3 Å². The number of nitrogens with zero attached hydrogens (tertiary/aromatic N) is 2. The van der Waals surface area contributed by atoms with Crippen LogP contribution in [-0.4, -0.2) is 21.8 Å². The van der Waals surface area contributed by atoms with Crippen LogP contribution in [0.2, 0.25) is 0 Å². The summed E-state index contributed by atoms with van der Waals surface area (Å²) in [5.41, 5.74) is 2.48. The van der Waals surface area contributed by atoms with E-state index in [9.17, 15) is 23.1 Å². The van der Waals surface area contributed by atoms with Gasteiger partial charge in [-0.3, -0.25) is 9.36 Å². The van der Waals surface area contributed by atoms with E-state index in [-0.39, 0.29) is 22.7 Å². The number of alkyl halides is 3. The van der Waals surface area contributed by atoms with E-state index in [0.717, 1.165) is 12.1 Å². The van der Waals surface area contributed by atoms with Crippen molar-refractivity contribution in [2.45, 2.75) is 13.1 Å². The van der Waals surface area contributed by atoms with Crippen molar-refractivity contribution in [3.05, 3.63) is 59.7 Å². The Morgan fingerprint density at radius 3 is 2.50 bits per heavy atom. The molecule has 3 aromatic rings. The number of hydrazone groups is 1. The van der Waals surface area contributed by atoms with Gasteiger partial charge in [-0.2, -0.15) is 18.3 Å². The molecule has 0 bridgehead atoms. The molecule has 2 N–H and O–H groups in total. The molecule has 1 heterocycles. The number of hydrogen-bond donors (Lipinski definition) is 2. The fourth-order valence-electron chi connectivity index (χ4n) is 2.82. The van der Waals surface area contributed by atoms with Crippen LogP contribution in [0.15, 0.2) is 53.6 Å². The molecule has 3 rings (SSSR count). The highest BCUT2D eigenvalue weighted by molar-refractivity contribution is 6.12. The van der Waals surface area contributed by atoms with Crippen LogP contribution in [0, 0.1) is 0 Å². The van der Waals surface area contributed by atoms with Crippen LogP contribution in [0.5, 0.6) is 5.88 Å². The monoisotopic (exact) mass is 361 g/mol. The summed E-state index contributed by atoms with van der Waals surface area (Å²) in [6.45, 7) is 1.54. The largest absolute Gasteiger partial charge is 0.494 e. The van der Waals surface area contributed by atoms with Gasteiger partial charge in [0, 0.05) is 11.1 Å². The normalized spacial score (nSPS) is 12.4. The quantitative estimate of drug-likeness (QED) is 0.421. The standard InChI is InChI=1S/C18H14F3N3O2/c1-11(23-22-10-25)16-14-8-7-12(18(19,20)21)9-15(14)24(17(16)26)13-5-3-2-4-6-13/h2-10,26H,1H3,(H,22,25). The molecule has 26 heavy (non-hydrogen) atoms. The lowest BCUT2D eigenvalue weighted by molar-refractivity contribution is -0.137. The second-order valence-corrected chi connectivity index (χ2v) is 5.54. The van der Waals surface area contributed by atoms with Gasteiger partial charge in [-0.05, 0) is 31.2 Å². The second-order valence-electron chi connectivity index (χ2n) is 5.54. The zero-order valence-corrected chi connectivity index (χ0v) is 13.6. The topological polar surface area (TPSA) is 66.6 Å². The van der Waals surface area contributed by atoms with Crippen molar-refractivity contribution in [3.63, 3.8) is 0 Å². The smallest absolute Gasteiger partial charge is 0.416 e. The number of rotatable bonds is 4. The van der Waals surface area contributed by atoms with Gasteiger partial charge in [0.2, 0.25) is 12.3 Å². The first-order valence-corrected chi connectivity index (χ1v) is 7.58. The summed E-state index contributed by atoms with van der Waals surface area (Å²) >= 11 is 0. The molecule has 0 aliphatic carbocycles. The molecular formula is C18H14F3N3O2. The summed E-state index contributed by atoms with van der Waals surface area (Å²) in [6, 6.07) is 11.7. The molecular weight excluding hydrogens is 347 g/mol. The maximum absolute atomic E-state index is 13.1. The van der Waals surface area contributed by atoms with Crippen LogP contribution < -0.4 is 5.43 Å². The predicted molar refractivity (Wildman–Crippen MR) is 91.4 cm³/mol. The molecule has 1 amide bonds. The van der Waals surface area contributed by atoms with Gasteiger partial charge in [0.1, 0.15) is 0 Å². The maximum Gasteiger partial charge on any atom is 0.416 e. The molecule has 0 saturated carbocycles. The third kappa shape index (κ3) is 3.01. The van der Waals surface area contributed by atoms with Gasteiger partial charge in [0.15, 0.2) is 0 Å². The molecule has 0 radical (unpaired) electrons. The Hall–Kier alpha value is -3.29. The number of aromatic hydroxyl groups is 1. The molecule has 0 aliphatic heterocycles. The molecule has 0 aliphatic rings. The van der Waals surface area contributed by atoms with E-state index in [1.807, 2.05) is 0 Å². The summed E-state index contributed by atoms with van der Waals surface area (Å²) < 4.78 is 40.7. The van der Waals surface area contributed by atoms with E-state index >= 15 is 0 Å². The Bertz CT molecular complexity index is 992. The molecule has 0 saturated heterocycles. The van der Waals surface area contributed by atoms with Crippen molar-refractivity contribution in [1.82, 2.24) is 9.99 Å². The Morgan fingerprint density at radius 2 is 1.88 bits per heavy atom. The number of carbonyl (C=O) groups is 1. The van der Waals surface area contributed by atoms with Crippen LogP contribution >= 0.6 is 0 Å². The molecule has 0 unspecified atom stereocenters. The van der Waals surface area contributed by atoms with Gasteiger partial charge in [-0.25, -0.2) is 5.43 Å². The molecule has 134 valence electrons. The van der Waals surface area contributed by atoms with Gasteiger partial charge in [0.05, 0.1) is 22.4 Å². The molecule has 1 aromatic heterocycles. The first kappa shape index (κ1) is 17.5. The van der Waals surface area contributed by atoms with E-state index in [0.29, 0.717) is 17.5 Å². The van der Waals surface area contributed by atoms with Crippen molar-refractivity contribution < 1.29 is 23.1 Å². The predicted octanol–water partition coefficient (Wildman–Crippen LogP) is 3.82. The number of amides is 1. The lowest BCUT2D eigenvalue weighted by Crippen LogP contribution is -2.06. The number of carbonyl (C=O) groups excluding carboxylic acids is 1. The van der Waals surface area contributed by atoms with Crippen molar-refractivity contribution in [2.75, 3.05) is 0 Å². The Morgan fingerprint density at radius 1 is 1.19 bits per heavy atom. The van der Waals surface area contributed by atoms with Crippen molar-refractivity contribution in [3.8, 4) is 11.6 Å². The molecule has 0 fully saturated rings. The van der Waals surface area contributed by atoms with Gasteiger partial charge >= 0.3 is 6.18 Å². The average molecular weight is 361 g/mol. The molecule has 0 spiro atoms. The van der Waals surface area contributed by atoms with E-state index < -0.39 is 11.7 Å². The number of benzene rings is 2. The first-order chi connectivity index (χ1) is 12.3. The van der Waals surface area contributed by atoms with E-state index in [2.05, 4.69) is 10.5 Å². The first-order valence-electron chi connectivity index (χ1n) is 7.58. The van der Waals surface area contributed by atoms with Gasteiger partial charge < -0.3 is 5.11 Å². The number of halogens is 3. The molecule has 0 atom stereocenters. The summed E-state index contributed by atoms with van der Waals surface area (Å²) in [7, 11) is 0. The maximum atomic E-state index is 13.1. The Kier molecular flexibility index (Phi) is 4.41. The highest BCUT2D eigenvalue weighted by Crippen LogP contribution is 2.38. The summed E-state index contributed by atoms with van der Waals surface area (Å²) in [4.78, 5) is 10.5. The van der Waals surface area contributed by atoms with Gasteiger partial charge in [-0.15, -0.1) is 0 Å². The average Bonchev–Trinajstić information content (AvgIpc) is 2.90. The molecule has 8 heteroatoms. The third-order valence-corrected chi connectivity index (χ3v) is 3.93. The number of hydrogen-bond acceptors (Lipinski definition) is 3. The minimum absolute atomic E-state index is 0.180. The van der Waals surface area contributed by atoms with Crippen LogP contribution in [-0.2, 0) is 11.0 Å². The highest BCUT2D eigenvalue weighted by Gasteiger charge is 2.32. The Balaban J connectivity index is 2.36. The number of aromatic nitrogens is 1. The minimum Gasteiger partial charge on any atom is -0.494 e. The summed E-state index contributed by atoms with van der Waals surface area (Å²) in [5.74, 6) is -0.264. The SMILES string of the molecule is CC(=NNC=O)c1c(O)n(-c2ccccc2)c2cc(C(F)(F)F)ccc12. The molecule has 5 nitrogen and oxygen atoms in total. The van der Waals surface area contributed by atoms with Crippen LogP contribution in [0.25, 0.3) is 16.6 Å². The van der Waals surface area contributed by atoms with Crippen LogP contribution in [0.1, 0.15) is 18.1 Å². The fraction of sp³-hybridized carbons (Fsp3) is 0.111. The van der Waals surface area contributed by atoms with E-state index in [1.165, 1.54) is 17.6 Å². The molecule has 2 aromatic carbocycles.